The third-order valence-electron chi connectivity index (χ3n) is 11.0. The molecule has 4 heteroatoms. The van der Waals surface area contributed by atoms with Crippen molar-refractivity contribution in [2.24, 2.45) is 0 Å². The monoisotopic (exact) mass is 666 g/mol. The Morgan fingerprint density at radius 2 is 1.00 bits per heavy atom. The molecular formula is C48H34N4. The molecule has 2 atom stereocenters. The summed E-state index contributed by atoms with van der Waals surface area (Å²) < 4.78 is 4.90. The van der Waals surface area contributed by atoms with Gasteiger partial charge in [0.1, 0.15) is 6.17 Å². The van der Waals surface area contributed by atoms with Crippen molar-refractivity contribution in [3.05, 3.63) is 188 Å². The summed E-state index contributed by atoms with van der Waals surface area (Å²) in [7, 11) is 0. The van der Waals surface area contributed by atoms with Crippen molar-refractivity contribution in [2.75, 3.05) is 10.6 Å². The predicted molar refractivity (Wildman–Crippen MR) is 219 cm³/mol. The minimum absolute atomic E-state index is 0.0222. The average Bonchev–Trinajstić information content (AvgIpc) is 3.73. The van der Waals surface area contributed by atoms with Gasteiger partial charge in [0.2, 0.25) is 0 Å². The van der Waals surface area contributed by atoms with Gasteiger partial charge in [-0.05, 0) is 88.1 Å². The number of nitrogens with zero attached hydrogens (tertiary/aromatic N) is 2. The molecule has 0 saturated heterocycles. The highest BCUT2D eigenvalue weighted by Crippen LogP contribution is 2.45. The summed E-state index contributed by atoms with van der Waals surface area (Å²) in [5.41, 5.74) is 11.9. The van der Waals surface area contributed by atoms with Crippen LogP contribution in [0.2, 0.25) is 0 Å². The van der Waals surface area contributed by atoms with Crippen LogP contribution in [0.4, 0.5) is 11.4 Å². The molecule has 1 aliphatic rings. The number of anilines is 2. The van der Waals surface area contributed by atoms with Gasteiger partial charge in [0.15, 0.2) is 0 Å². The lowest BCUT2D eigenvalue weighted by Gasteiger charge is -2.38. The number of hydrogen-bond donors (Lipinski definition) is 2. The van der Waals surface area contributed by atoms with E-state index in [2.05, 4.69) is 202 Å². The SMILES string of the molecule is c1ccc(C2Nc3ccccc3NC2n2c3ccccc3c3cc(-c4ccc5c(c4)c4c6ccccc6ccc4n5-c4ccccc4)ccc32)cc1. The van der Waals surface area contributed by atoms with Crippen LogP contribution in [0.5, 0.6) is 0 Å². The van der Waals surface area contributed by atoms with Gasteiger partial charge in [0.25, 0.3) is 0 Å². The zero-order valence-corrected chi connectivity index (χ0v) is 28.4. The van der Waals surface area contributed by atoms with E-state index in [9.17, 15) is 0 Å². The predicted octanol–water partition coefficient (Wildman–Crippen LogP) is 12.5. The van der Waals surface area contributed by atoms with Gasteiger partial charge in [-0.3, -0.25) is 0 Å². The molecule has 8 aromatic carbocycles. The molecule has 0 radical (unpaired) electrons. The first-order valence-electron chi connectivity index (χ1n) is 18.0. The van der Waals surface area contributed by atoms with Crippen LogP contribution in [0, 0.1) is 0 Å². The van der Waals surface area contributed by atoms with Crippen molar-refractivity contribution in [1.82, 2.24) is 9.13 Å². The van der Waals surface area contributed by atoms with Crippen LogP contribution in [0.25, 0.3) is 71.2 Å². The Balaban J connectivity index is 1.12. The highest BCUT2D eigenvalue weighted by Gasteiger charge is 2.32. The molecule has 11 rings (SSSR count). The average molecular weight is 667 g/mol. The van der Waals surface area contributed by atoms with Crippen LogP contribution in [-0.4, -0.2) is 9.13 Å². The topological polar surface area (TPSA) is 33.9 Å². The minimum atomic E-state index is -0.0562. The third kappa shape index (κ3) is 4.34. The largest absolute Gasteiger partial charge is 0.373 e. The smallest absolute Gasteiger partial charge is 0.129 e. The molecular weight excluding hydrogens is 633 g/mol. The molecule has 4 nitrogen and oxygen atoms in total. The molecule has 0 fully saturated rings. The molecule has 0 saturated carbocycles. The maximum absolute atomic E-state index is 3.94. The first-order valence-corrected chi connectivity index (χ1v) is 18.0. The standard InChI is InChI=1S/C48H34N4/c1-3-14-32(15-4-1)47-48(50-41-21-11-10-20-40(41)49-47)52-42-22-12-9-19-37(42)38-29-33(24-26-43(38)52)34-25-27-44-39(30-34)46-36-18-8-7-13-31(36)23-28-45(46)51(44)35-16-5-2-6-17-35/h1-30,47-50H. The zero-order valence-electron chi connectivity index (χ0n) is 28.4. The van der Waals surface area contributed by atoms with Crippen molar-refractivity contribution in [2.45, 2.75) is 12.2 Å². The highest BCUT2D eigenvalue weighted by atomic mass is 15.3. The summed E-state index contributed by atoms with van der Waals surface area (Å²) >= 11 is 0. The van der Waals surface area contributed by atoms with E-state index in [1.165, 1.54) is 76.8 Å². The summed E-state index contributed by atoms with van der Waals surface area (Å²) in [5, 5.41) is 15.4. The number of rotatable bonds is 4. The number of para-hydroxylation sites is 4. The summed E-state index contributed by atoms with van der Waals surface area (Å²) in [4.78, 5) is 0. The number of benzene rings is 8. The molecule has 2 unspecified atom stereocenters. The van der Waals surface area contributed by atoms with Crippen molar-refractivity contribution in [3.63, 3.8) is 0 Å². The summed E-state index contributed by atoms with van der Waals surface area (Å²) in [5.74, 6) is 0. The van der Waals surface area contributed by atoms with Crippen LogP contribution < -0.4 is 10.6 Å². The van der Waals surface area contributed by atoms with E-state index in [0.29, 0.717) is 0 Å². The quantitative estimate of drug-likeness (QED) is 0.196. The van der Waals surface area contributed by atoms with Crippen LogP contribution in [0.15, 0.2) is 182 Å². The van der Waals surface area contributed by atoms with Crippen LogP contribution in [-0.2, 0) is 0 Å². The lowest BCUT2D eigenvalue weighted by Crippen LogP contribution is -2.34. The second-order valence-corrected chi connectivity index (χ2v) is 13.9. The Bertz CT molecular complexity index is 2970. The van der Waals surface area contributed by atoms with E-state index in [1.807, 2.05) is 0 Å². The second-order valence-electron chi connectivity index (χ2n) is 13.9. The van der Waals surface area contributed by atoms with E-state index >= 15 is 0 Å². The Kier molecular flexibility index (Phi) is 6.34. The van der Waals surface area contributed by atoms with Crippen LogP contribution in [0.3, 0.4) is 0 Å². The molecule has 0 spiro atoms. The van der Waals surface area contributed by atoms with Gasteiger partial charge >= 0.3 is 0 Å². The minimum Gasteiger partial charge on any atom is -0.373 e. The molecule has 10 aromatic rings. The first kappa shape index (κ1) is 29.0. The maximum Gasteiger partial charge on any atom is 0.129 e. The molecule has 246 valence electrons. The third-order valence-corrected chi connectivity index (χ3v) is 11.0. The highest BCUT2D eigenvalue weighted by molar-refractivity contribution is 6.22. The molecule has 52 heavy (non-hydrogen) atoms. The Labute approximate surface area is 301 Å². The van der Waals surface area contributed by atoms with Gasteiger partial charge < -0.3 is 19.8 Å². The second kappa shape index (κ2) is 11.4. The Morgan fingerprint density at radius 1 is 0.404 bits per heavy atom. The summed E-state index contributed by atoms with van der Waals surface area (Å²) in [6.45, 7) is 0. The van der Waals surface area contributed by atoms with Crippen LogP contribution >= 0.6 is 0 Å². The maximum atomic E-state index is 3.94. The summed E-state index contributed by atoms with van der Waals surface area (Å²) in [6.07, 6.45) is -0.0562. The Morgan fingerprint density at radius 3 is 1.81 bits per heavy atom. The van der Waals surface area contributed by atoms with Crippen molar-refractivity contribution >= 4 is 65.8 Å². The fourth-order valence-corrected chi connectivity index (χ4v) is 8.67. The fourth-order valence-electron chi connectivity index (χ4n) is 8.67. The van der Waals surface area contributed by atoms with Crippen molar-refractivity contribution < 1.29 is 0 Å². The summed E-state index contributed by atoms with van der Waals surface area (Å²) in [6, 6.07) is 66.2. The molecule has 0 amide bonds. The Hall–Kier alpha value is -6.78. The van der Waals surface area contributed by atoms with Gasteiger partial charge in [-0.25, -0.2) is 0 Å². The molecule has 2 aromatic heterocycles. The van der Waals surface area contributed by atoms with Gasteiger partial charge in [-0.1, -0.05) is 121 Å². The number of hydrogen-bond acceptors (Lipinski definition) is 2. The van der Waals surface area contributed by atoms with E-state index in [1.54, 1.807) is 0 Å². The number of aromatic nitrogens is 2. The molecule has 0 bridgehead atoms. The van der Waals surface area contributed by atoms with Gasteiger partial charge in [0.05, 0.1) is 39.5 Å². The fraction of sp³-hybridized carbons (Fsp3) is 0.0417. The molecule has 2 N–H and O–H groups in total. The van der Waals surface area contributed by atoms with E-state index in [0.717, 1.165) is 11.4 Å². The zero-order chi connectivity index (χ0) is 34.2. The van der Waals surface area contributed by atoms with E-state index in [-0.39, 0.29) is 12.2 Å². The number of fused-ring (bicyclic) bond motifs is 9. The van der Waals surface area contributed by atoms with Gasteiger partial charge in [-0.15, -0.1) is 0 Å². The van der Waals surface area contributed by atoms with E-state index in [4.69, 9.17) is 0 Å². The molecule has 1 aliphatic heterocycles. The first-order chi connectivity index (χ1) is 25.8. The van der Waals surface area contributed by atoms with Gasteiger partial charge in [0, 0.05) is 27.2 Å². The van der Waals surface area contributed by atoms with Crippen molar-refractivity contribution in [3.8, 4) is 16.8 Å². The van der Waals surface area contributed by atoms with Crippen molar-refractivity contribution in [1.29, 1.82) is 0 Å². The normalized spacial score (nSPS) is 15.6. The number of nitrogens with one attached hydrogen (secondary N) is 2. The molecule has 0 aliphatic carbocycles. The van der Waals surface area contributed by atoms with E-state index < -0.39 is 0 Å². The lowest BCUT2D eigenvalue weighted by atomic mass is 9.98. The van der Waals surface area contributed by atoms with Gasteiger partial charge in [-0.2, -0.15) is 0 Å². The van der Waals surface area contributed by atoms with Crippen LogP contribution in [0.1, 0.15) is 17.8 Å². The lowest BCUT2D eigenvalue weighted by molar-refractivity contribution is 0.506. The molecule has 3 heterocycles.